The third kappa shape index (κ3) is 9.37. The van der Waals surface area contributed by atoms with Crippen LogP contribution in [0.5, 0.6) is 0 Å². The Hall–Kier alpha value is -3.28. The van der Waals surface area contributed by atoms with Crippen LogP contribution in [-0.4, -0.2) is 40.3 Å². The Morgan fingerprint density at radius 2 is 1.64 bits per heavy atom. The fourth-order valence-electron chi connectivity index (χ4n) is 5.31. The van der Waals surface area contributed by atoms with Gasteiger partial charge in [-0.2, -0.15) is 0 Å². The molecule has 8 nitrogen and oxygen atoms in total. The lowest BCUT2D eigenvalue weighted by Crippen LogP contribution is -2.38. The summed E-state index contributed by atoms with van der Waals surface area (Å²) >= 11 is 3.42. The van der Waals surface area contributed by atoms with Gasteiger partial charge in [0.15, 0.2) is 10.6 Å². The number of rotatable bonds is 14. The maximum Gasteiger partial charge on any atom is 0.220 e. The summed E-state index contributed by atoms with van der Waals surface area (Å²) in [4.78, 5) is 28.1. The largest absolute Gasteiger partial charge is 0.392 e. The second-order valence-corrected chi connectivity index (χ2v) is 13.7. The minimum atomic E-state index is -0.550. The minimum Gasteiger partial charge on any atom is -0.392 e. The number of thioether (sulfide) groups is 1. The number of para-hydroxylation sites is 1. The van der Waals surface area contributed by atoms with Crippen LogP contribution in [0.4, 0.5) is 0 Å². The Kier molecular flexibility index (Phi) is 12.0. The number of ether oxygens (including phenoxy) is 2. The van der Waals surface area contributed by atoms with Gasteiger partial charge in [-0.05, 0) is 41.7 Å². The summed E-state index contributed by atoms with van der Waals surface area (Å²) in [6.07, 6.45) is 2.21. The van der Waals surface area contributed by atoms with E-state index in [0.717, 1.165) is 57.1 Å². The number of benzene rings is 3. The number of nitrogens with zero attached hydrogens (tertiary/aromatic N) is 1. The summed E-state index contributed by atoms with van der Waals surface area (Å²) in [5.41, 5.74) is 4.85. The number of hydrogen-bond acceptors (Lipinski definition) is 8. The molecule has 1 aliphatic heterocycles. The molecule has 0 radical (unpaired) electrons. The van der Waals surface area contributed by atoms with Gasteiger partial charge >= 0.3 is 0 Å². The van der Waals surface area contributed by atoms with Gasteiger partial charge in [0.25, 0.3) is 0 Å². The van der Waals surface area contributed by atoms with Crippen molar-refractivity contribution >= 4 is 45.1 Å². The van der Waals surface area contributed by atoms with Crippen LogP contribution in [-0.2, 0) is 32.2 Å². The van der Waals surface area contributed by atoms with Crippen LogP contribution < -0.4 is 10.6 Å². The molecule has 3 N–H and O–H groups in total. The summed E-state index contributed by atoms with van der Waals surface area (Å²) in [7, 11) is 0. The van der Waals surface area contributed by atoms with Gasteiger partial charge in [-0.3, -0.25) is 9.59 Å². The third-order valence-electron chi connectivity index (χ3n) is 7.96. The lowest BCUT2D eigenvalue weighted by Gasteiger charge is -2.41. The van der Waals surface area contributed by atoms with Crippen LogP contribution >= 0.6 is 23.1 Å². The average Bonchev–Trinajstić information content (AvgIpc) is 3.48. The zero-order valence-electron chi connectivity index (χ0n) is 25.7. The topological polar surface area (TPSA) is 110 Å². The maximum atomic E-state index is 12.3. The van der Waals surface area contributed by atoms with Crippen molar-refractivity contribution in [1.82, 2.24) is 15.6 Å². The third-order valence-corrected chi connectivity index (χ3v) is 10.2. The molecule has 0 bridgehead atoms. The molecule has 4 aromatic rings. The fraction of sp³-hybridized carbons (Fsp3) is 0.400. The zero-order chi connectivity index (χ0) is 31.6. The maximum absolute atomic E-state index is 12.3. The highest BCUT2D eigenvalue weighted by Gasteiger charge is 2.38. The molecule has 238 valence electrons. The second kappa shape index (κ2) is 16.3. The first kappa shape index (κ1) is 33.1. The van der Waals surface area contributed by atoms with Gasteiger partial charge in [0, 0.05) is 43.7 Å². The van der Waals surface area contributed by atoms with E-state index in [2.05, 4.69) is 23.6 Å². The summed E-state index contributed by atoms with van der Waals surface area (Å²) in [6, 6.07) is 24.1. The first-order chi connectivity index (χ1) is 21.9. The average molecular weight is 648 g/mol. The van der Waals surface area contributed by atoms with Crippen molar-refractivity contribution in [1.29, 1.82) is 0 Å². The normalized spacial score (nSPS) is 19.8. The number of amides is 2. The SMILES string of the molecule is CC(=O)NCCCCCC(=O)NCc1ccc([C@@H]2O[C@H](CSc3nc4ccccc4s3)[C@H](C)[C@H](c3ccc(CO)cc3)O2)cc1. The number of aromatic nitrogens is 1. The first-order valence-electron chi connectivity index (χ1n) is 15.5. The molecule has 1 aliphatic rings. The van der Waals surface area contributed by atoms with E-state index in [1.807, 2.05) is 66.7 Å². The number of thiazole rings is 1. The van der Waals surface area contributed by atoms with E-state index >= 15 is 0 Å². The van der Waals surface area contributed by atoms with Crippen molar-refractivity contribution in [3.8, 4) is 0 Å². The molecule has 1 saturated heterocycles. The van der Waals surface area contributed by atoms with Crippen LogP contribution in [0.2, 0.25) is 0 Å². The number of carbonyl (C=O) groups excluding carboxylic acids is 2. The summed E-state index contributed by atoms with van der Waals surface area (Å²) in [5, 5.41) is 15.3. The highest BCUT2D eigenvalue weighted by molar-refractivity contribution is 8.01. The Balaban J connectivity index is 1.20. The summed E-state index contributed by atoms with van der Waals surface area (Å²) in [5.74, 6) is 0.824. The first-order valence-corrected chi connectivity index (χ1v) is 17.3. The Labute approximate surface area is 272 Å². The van der Waals surface area contributed by atoms with E-state index < -0.39 is 6.29 Å². The molecular formula is C35H41N3O5S2. The monoisotopic (exact) mass is 647 g/mol. The number of nitrogens with one attached hydrogen (secondary N) is 2. The molecule has 4 atom stereocenters. The number of hydrogen-bond donors (Lipinski definition) is 3. The van der Waals surface area contributed by atoms with Gasteiger partial charge in [-0.15, -0.1) is 11.3 Å². The number of unbranched alkanes of at least 4 members (excludes halogenated alkanes) is 2. The van der Waals surface area contributed by atoms with Gasteiger partial charge < -0.3 is 25.2 Å². The van der Waals surface area contributed by atoms with E-state index in [1.54, 1.807) is 23.1 Å². The van der Waals surface area contributed by atoms with Crippen molar-refractivity contribution in [2.75, 3.05) is 12.3 Å². The van der Waals surface area contributed by atoms with E-state index in [9.17, 15) is 14.7 Å². The quantitative estimate of drug-likeness (QED) is 0.103. The van der Waals surface area contributed by atoms with E-state index in [4.69, 9.17) is 14.5 Å². The minimum absolute atomic E-state index is 0.00125. The molecule has 1 fully saturated rings. The van der Waals surface area contributed by atoms with Gasteiger partial charge in [-0.1, -0.05) is 85.8 Å². The summed E-state index contributed by atoms with van der Waals surface area (Å²) in [6.45, 7) is 4.78. The van der Waals surface area contributed by atoms with Crippen LogP contribution in [0.15, 0.2) is 77.1 Å². The van der Waals surface area contributed by atoms with Gasteiger partial charge in [0.2, 0.25) is 11.8 Å². The molecular weight excluding hydrogens is 607 g/mol. The highest BCUT2D eigenvalue weighted by atomic mass is 32.2. The molecule has 1 aromatic heterocycles. The molecule has 2 heterocycles. The predicted octanol–water partition coefficient (Wildman–Crippen LogP) is 6.69. The van der Waals surface area contributed by atoms with E-state index in [0.29, 0.717) is 19.5 Å². The molecule has 0 aliphatic carbocycles. The van der Waals surface area contributed by atoms with Crippen molar-refractivity contribution in [2.45, 2.75) is 75.5 Å². The molecule has 0 saturated carbocycles. The Morgan fingerprint density at radius 1 is 0.911 bits per heavy atom. The zero-order valence-corrected chi connectivity index (χ0v) is 27.4. The van der Waals surface area contributed by atoms with E-state index in [1.165, 1.54) is 11.6 Å². The molecule has 5 rings (SSSR count). The lowest BCUT2D eigenvalue weighted by molar-refractivity contribution is -0.268. The highest BCUT2D eigenvalue weighted by Crippen LogP contribution is 2.43. The van der Waals surface area contributed by atoms with Gasteiger partial charge in [-0.25, -0.2) is 4.98 Å². The van der Waals surface area contributed by atoms with Gasteiger partial charge in [0.05, 0.1) is 29.0 Å². The molecule has 0 unspecified atom stereocenters. The number of fused-ring (bicyclic) bond motifs is 1. The molecule has 3 aromatic carbocycles. The van der Waals surface area contributed by atoms with E-state index in [-0.39, 0.29) is 36.5 Å². The van der Waals surface area contributed by atoms with Crippen LogP contribution in [0.1, 0.15) is 74.2 Å². The second-order valence-electron chi connectivity index (χ2n) is 11.4. The lowest BCUT2D eigenvalue weighted by atomic mass is 9.91. The summed E-state index contributed by atoms with van der Waals surface area (Å²) < 4.78 is 15.4. The Bertz CT molecular complexity index is 1510. The van der Waals surface area contributed by atoms with Crippen molar-refractivity contribution < 1.29 is 24.2 Å². The van der Waals surface area contributed by atoms with Gasteiger partial charge in [0.1, 0.15) is 0 Å². The molecule has 10 heteroatoms. The predicted molar refractivity (Wildman–Crippen MR) is 179 cm³/mol. The fourth-order valence-corrected chi connectivity index (χ4v) is 7.57. The van der Waals surface area contributed by atoms with Crippen molar-refractivity contribution in [3.05, 3.63) is 95.1 Å². The number of aliphatic hydroxyl groups is 1. The number of aliphatic hydroxyl groups excluding tert-OH is 1. The smallest absolute Gasteiger partial charge is 0.220 e. The van der Waals surface area contributed by atoms with Crippen molar-refractivity contribution in [3.63, 3.8) is 0 Å². The molecule has 45 heavy (non-hydrogen) atoms. The van der Waals surface area contributed by atoms with Crippen molar-refractivity contribution in [2.24, 2.45) is 5.92 Å². The van der Waals surface area contributed by atoms with Crippen LogP contribution in [0.3, 0.4) is 0 Å². The molecule has 2 amide bonds. The number of carbonyl (C=O) groups is 2. The molecule has 0 spiro atoms. The standard InChI is InChI=1S/C35H41N3O5S2/c1-23-30(22-44-35-38-29-8-5-6-9-31(29)45-35)42-34(43-33(23)27-15-13-26(21-39)14-16-27)28-17-11-25(12-18-28)20-37-32(41)10-4-3-7-19-36-24(2)40/h5-6,8-9,11-18,23,30,33-34,39H,3-4,7,10,19-22H2,1-2H3,(H,36,40)(H,37,41)/t23-,30+,33+,34+/m0/s1. The van der Waals surface area contributed by atoms with Crippen LogP contribution in [0.25, 0.3) is 10.2 Å². The Morgan fingerprint density at radius 3 is 2.38 bits per heavy atom. The van der Waals surface area contributed by atoms with Crippen LogP contribution in [0, 0.1) is 5.92 Å².